The first-order chi connectivity index (χ1) is 21.2. The number of halogens is 4. The summed E-state index contributed by atoms with van der Waals surface area (Å²) in [5.74, 6) is -3.90. The third-order valence-corrected chi connectivity index (χ3v) is 8.81. The second-order valence-electron chi connectivity index (χ2n) is 11.1. The van der Waals surface area contributed by atoms with Crippen LogP contribution in [0.25, 0.3) is 0 Å². The molecule has 0 radical (unpaired) electrons. The molecule has 0 spiro atoms. The largest absolute Gasteiger partial charge is 0.472 e. The molecule has 0 saturated heterocycles. The molecular formula is C31H32F4N3O6P. The van der Waals surface area contributed by atoms with Crippen LogP contribution in [0.5, 0.6) is 5.75 Å². The third kappa shape index (κ3) is 7.01. The van der Waals surface area contributed by atoms with E-state index in [4.69, 9.17) is 14.5 Å². The van der Waals surface area contributed by atoms with Gasteiger partial charge >= 0.3 is 7.82 Å². The maximum atomic E-state index is 14.8. The van der Waals surface area contributed by atoms with Gasteiger partial charge in [0.15, 0.2) is 6.79 Å². The van der Waals surface area contributed by atoms with Gasteiger partial charge in [-0.3, -0.25) is 4.79 Å². The second-order valence-corrected chi connectivity index (χ2v) is 12.3. The lowest BCUT2D eigenvalue weighted by molar-refractivity contribution is 0.0817. The Hall–Kier alpha value is -3.90. The van der Waals surface area contributed by atoms with Gasteiger partial charge in [0.1, 0.15) is 34.8 Å². The zero-order chi connectivity index (χ0) is 32.6. The van der Waals surface area contributed by atoms with E-state index in [9.17, 15) is 26.9 Å². The van der Waals surface area contributed by atoms with E-state index in [0.717, 1.165) is 30.9 Å². The van der Waals surface area contributed by atoms with Gasteiger partial charge in [0.25, 0.3) is 5.91 Å². The number of carbonyl (C=O) groups is 1. The highest BCUT2D eigenvalue weighted by Gasteiger charge is 2.33. The molecular weight excluding hydrogens is 617 g/mol. The van der Waals surface area contributed by atoms with Crippen LogP contribution < -0.4 is 15.0 Å². The number of hydrogen-bond donors (Lipinski definition) is 3. The van der Waals surface area contributed by atoms with Crippen molar-refractivity contribution < 1.29 is 46.0 Å². The Kier molecular flexibility index (Phi) is 9.27. The van der Waals surface area contributed by atoms with Crippen LogP contribution in [-0.2, 0) is 22.2 Å². The molecule has 1 aliphatic heterocycles. The van der Waals surface area contributed by atoms with Crippen LogP contribution in [-0.4, -0.2) is 34.4 Å². The van der Waals surface area contributed by atoms with Crippen molar-refractivity contribution in [1.82, 2.24) is 10.2 Å². The van der Waals surface area contributed by atoms with Crippen molar-refractivity contribution >= 4 is 19.4 Å². The fourth-order valence-electron chi connectivity index (χ4n) is 5.55. The SMILES string of the molecule is C=C1N(Cc2c(OCOP(=O)(O)O)cc(F)cc2C2CCC2)c2cc(C(=O)NCc3c(F)cc(F)cc3F)ccc2C(C)N1C. The third-order valence-electron chi connectivity index (χ3n) is 8.37. The Labute approximate surface area is 257 Å². The van der Waals surface area contributed by atoms with E-state index in [1.54, 1.807) is 18.2 Å². The number of anilines is 1. The number of carbonyl (C=O) groups excluding carboxylic acids is 1. The summed E-state index contributed by atoms with van der Waals surface area (Å²) < 4.78 is 77.6. The van der Waals surface area contributed by atoms with Crippen LogP contribution in [0, 0.1) is 23.3 Å². The van der Waals surface area contributed by atoms with Gasteiger partial charge in [-0.25, -0.2) is 26.7 Å². The molecule has 1 saturated carbocycles. The van der Waals surface area contributed by atoms with Gasteiger partial charge in [0.2, 0.25) is 0 Å². The minimum Gasteiger partial charge on any atom is -0.466 e. The van der Waals surface area contributed by atoms with Gasteiger partial charge in [-0.2, -0.15) is 0 Å². The molecule has 2 aliphatic rings. The highest BCUT2D eigenvalue weighted by atomic mass is 31.2. The van der Waals surface area contributed by atoms with Crippen molar-refractivity contribution in [2.45, 2.75) is 51.2 Å². The monoisotopic (exact) mass is 649 g/mol. The highest BCUT2D eigenvalue weighted by Crippen LogP contribution is 2.45. The first kappa shape index (κ1) is 32.5. The van der Waals surface area contributed by atoms with Gasteiger partial charge in [-0.15, -0.1) is 0 Å². The van der Waals surface area contributed by atoms with Crippen LogP contribution >= 0.6 is 7.82 Å². The lowest BCUT2D eigenvalue weighted by Crippen LogP contribution is -2.39. The summed E-state index contributed by atoms with van der Waals surface area (Å²) in [5, 5.41) is 2.48. The van der Waals surface area contributed by atoms with E-state index in [1.165, 1.54) is 6.07 Å². The van der Waals surface area contributed by atoms with Crippen molar-refractivity contribution in [2.24, 2.45) is 0 Å². The predicted molar refractivity (Wildman–Crippen MR) is 157 cm³/mol. The first-order valence-corrected chi connectivity index (χ1v) is 15.7. The molecule has 45 heavy (non-hydrogen) atoms. The van der Waals surface area contributed by atoms with Crippen molar-refractivity contribution in [3.8, 4) is 5.75 Å². The molecule has 14 heteroatoms. The second kappa shape index (κ2) is 12.8. The molecule has 3 aromatic carbocycles. The summed E-state index contributed by atoms with van der Waals surface area (Å²) in [6.07, 6.45) is 2.60. The molecule has 1 unspecified atom stereocenters. The average molecular weight is 650 g/mol. The van der Waals surface area contributed by atoms with Crippen LogP contribution in [0.15, 0.2) is 54.9 Å². The van der Waals surface area contributed by atoms with Crippen LogP contribution in [0.1, 0.15) is 70.8 Å². The van der Waals surface area contributed by atoms with Gasteiger partial charge in [-0.1, -0.05) is 19.1 Å². The van der Waals surface area contributed by atoms with Gasteiger partial charge in [-0.05, 0) is 55.0 Å². The Morgan fingerprint density at radius 3 is 2.31 bits per heavy atom. The number of fused-ring (bicyclic) bond motifs is 1. The van der Waals surface area contributed by atoms with E-state index < -0.39 is 55.9 Å². The number of nitrogens with zero attached hydrogens (tertiary/aromatic N) is 2. The topological polar surface area (TPSA) is 112 Å². The molecule has 1 heterocycles. The lowest BCUT2D eigenvalue weighted by Gasteiger charge is -2.44. The summed E-state index contributed by atoms with van der Waals surface area (Å²) in [5.41, 5.74) is 2.36. The molecule has 3 N–H and O–H groups in total. The number of amides is 1. The molecule has 240 valence electrons. The number of rotatable bonds is 10. The molecule has 1 aliphatic carbocycles. The average Bonchev–Trinajstić information content (AvgIpc) is 2.92. The number of phosphoric ester groups is 1. The number of benzene rings is 3. The summed E-state index contributed by atoms with van der Waals surface area (Å²) >= 11 is 0. The molecule has 1 fully saturated rings. The van der Waals surface area contributed by atoms with E-state index in [-0.39, 0.29) is 29.8 Å². The Bertz CT molecular complexity index is 1670. The minimum atomic E-state index is -4.85. The Morgan fingerprint density at radius 2 is 1.69 bits per heavy atom. The Morgan fingerprint density at radius 1 is 1.02 bits per heavy atom. The van der Waals surface area contributed by atoms with Gasteiger partial charge in [0.05, 0.1) is 12.6 Å². The summed E-state index contributed by atoms with van der Waals surface area (Å²) in [6.45, 7) is 4.96. The standard InChI is InChI=1S/C31H32F4N3O6P/c1-17-23-8-7-20(31(39)36-14-25-27(34)11-22(33)12-28(25)35)9-29(23)38(18(2)37(17)3)15-26-24(19-5-4-6-19)10-21(32)13-30(26)43-16-44-45(40,41)42/h7-13,17,19H,2,4-6,14-16H2,1,3H3,(H,36,39)(H2,40,41,42). The number of phosphoric acid groups is 1. The lowest BCUT2D eigenvalue weighted by atomic mass is 9.78. The smallest absolute Gasteiger partial charge is 0.466 e. The van der Waals surface area contributed by atoms with Gasteiger partial charge < -0.3 is 29.6 Å². The zero-order valence-electron chi connectivity index (χ0n) is 24.5. The minimum absolute atomic E-state index is 0.0400. The van der Waals surface area contributed by atoms with Crippen molar-refractivity contribution in [3.63, 3.8) is 0 Å². The van der Waals surface area contributed by atoms with E-state index >= 15 is 0 Å². The zero-order valence-corrected chi connectivity index (χ0v) is 25.4. The molecule has 9 nitrogen and oxygen atoms in total. The summed E-state index contributed by atoms with van der Waals surface area (Å²) in [4.78, 5) is 35.1. The maximum absolute atomic E-state index is 14.8. The summed E-state index contributed by atoms with van der Waals surface area (Å²) in [7, 11) is -3.01. The van der Waals surface area contributed by atoms with E-state index in [0.29, 0.717) is 34.8 Å². The number of ether oxygens (including phenoxy) is 1. The first-order valence-electron chi connectivity index (χ1n) is 14.1. The van der Waals surface area contributed by atoms with E-state index in [2.05, 4.69) is 16.4 Å². The number of nitrogens with one attached hydrogen (secondary N) is 1. The highest BCUT2D eigenvalue weighted by molar-refractivity contribution is 7.46. The van der Waals surface area contributed by atoms with Crippen molar-refractivity contribution in [1.29, 1.82) is 0 Å². The molecule has 0 bridgehead atoms. The maximum Gasteiger partial charge on any atom is 0.472 e. The molecule has 0 aromatic heterocycles. The fourth-order valence-corrected chi connectivity index (χ4v) is 5.74. The van der Waals surface area contributed by atoms with Crippen molar-refractivity contribution in [3.05, 3.63) is 106 Å². The quantitative estimate of drug-likeness (QED) is 0.132. The molecule has 5 rings (SSSR count). The predicted octanol–water partition coefficient (Wildman–Crippen LogP) is 6.37. The van der Waals surface area contributed by atoms with Crippen LogP contribution in [0.4, 0.5) is 23.2 Å². The van der Waals surface area contributed by atoms with E-state index in [1.807, 2.05) is 23.8 Å². The van der Waals surface area contributed by atoms with Crippen LogP contribution in [0.2, 0.25) is 0 Å². The molecule has 1 amide bonds. The van der Waals surface area contributed by atoms with Gasteiger partial charge in [0, 0.05) is 54.2 Å². The normalized spacial score (nSPS) is 16.8. The molecule has 3 aromatic rings. The molecule has 1 atom stereocenters. The fraction of sp³-hybridized carbons (Fsp3) is 0.323. The van der Waals surface area contributed by atoms with Crippen LogP contribution in [0.3, 0.4) is 0 Å². The Balaban J connectivity index is 1.49. The summed E-state index contributed by atoms with van der Waals surface area (Å²) in [6, 6.07) is 8.41. The number of hydrogen-bond acceptors (Lipinski definition) is 6. The van der Waals surface area contributed by atoms with Crippen molar-refractivity contribution in [2.75, 3.05) is 18.7 Å².